The molecule has 0 aliphatic carbocycles. The molecule has 1 aliphatic heterocycles. The van der Waals surface area contributed by atoms with E-state index in [1.54, 1.807) is 0 Å². The molecule has 2 heterocycles. The fourth-order valence-corrected chi connectivity index (χ4v) is 1.50. The first kappa shape index (κ1) is 10.0. The molecule has 0 amide bonds. The Hall–Kier alpha value is -1.52. The Bertz CT molecular complexity index is 358. The Kier molecular flexibility index (Phi) is 2.89. The zero-order chi connectivity index (χ0) is 10.7. The highest BCUT2D eigenvalue weighted by atomic mass is 16.5. The summed E-state index contributed by atoms with van der Waals surface area (Å²) in [4.78, 5) is 4.34. The minimum Gasteiger partial charge on any atom is -0.361 e. The molecule has 1 aliphatic rings. The van der Waals surface area contributed by atoms with Crippen LogP contribution in [0.3, 0.4) is 0 Å². The van der Waals surface area contributed by atoms with Crippen molar-refractivity contribution < 1.29 is 4.52 Å². The number of aliphatic imine (C=N–C) groups is 1. The van der Waals surface area contributed by atoms with Gasteiger partial charge in [-0.3, -0.25) is 4.99 Å². The van der Waals surface area contributed by atoms with E-state index in [1.807, 2.05) is 13.0 Å². The molecule has 0 spiro atoms. The smallest absolute Gasteiger partial charge is 0.191 e. The molecular weight excluding hydrogens is 192 g/mol. The number of guanidine groups is 1. The SMILES string of the molecule is Cc1cc(CNC2=NCCC(C)N2)no1. The average molecular weight is 208 g/mol. The van der Waals surface area contributed by atoms with E-state index in [9.17, 15) is 0 Å². The average Bonchev–Trinajstić information content (AvgIpc) is 2.62. The maximum Gasteiger partial charge on any atom is 0.191 e. The van der Waals surface area contributed by atoms with Crippen LogP contribution in [0.2, 0.25) is 0 Å². The van der Waals surface area contributed by atoms with Gasteiger partial charge in [-0.15, -0.1) is 0 Å². The van der Waals surface area contributed by atoms with E-state index in [4.69, 9.17) is 4.52 Å². The third kappa shape index (κ3) is 2.71. The van der Waals surface area contributed by atoms with Crippen molar-refractivity contribution in [3.8, 4) is 0 Å². The summed E-state index contributed by atoms with van der Waals surface area (Å²) in [6.45, 7) is 5.57. The summed E-state index contributed by atoms with van der Waals surface area (Å²) in [5, 5.41) is 10.4. The van der Waals surface area contributed by atoms with E-state index in [-0.39, 0.29) is 0 Å². The van der Waals surface area contributed by atoms with Crippen LogP contribution >= 0.6 is 0 Å². The minimum absolute atomic E-state index is 0.490. The fourth-order valence-electron chi connectivity index (χ4n) is 1.50. The van der Waals surface area contributed by atoms with Gasteiger partial charge in [-0.05, 0) is 20.3 Å². The molecule has 5 heteroatoms. The number of aryl methyl sites for hydroxylation is 1. The summed E-state index contributed by atoms with van der Waals surface area (Å²) in [5.74, 6) is 1.69. The highest BCUT2D eigenvalue weighted by Crippen LogP contribution is 2.01. The summed E-state index contributed by atoms with van der Waals surface area (Å²) in [5.41, 5.74) is 0.898. The van der Waals surface area contributed by atoms with Crippen LogP contribution in [0, 0.1) is 6.92 Å². The zero-order valence-electron chi connectivity index (χ0n) is 9.08. The Morgan fingerprint density at radius 1 is 1.67 bits per heavy atom. The first-order valence-electron chi connectivity index (χ1n) is 5.21. The number of nitrogens with one attached hydrogen (secondary N) is 2. The fraction of sp³-hybridized carbons (Fsp3) is 0.600. The van der Waals surface area contributed by atoms with Gasteiger partial charge in [0.25, 0.3) is 0 Å². The topological polar surface area (TPSA) is 62.5 Å². The molecule has 0 aromatic carbocycles. The lowest BCUT2D eigenvalue weighted by atomic mass is 10.2. The Balaban J connectivity index is 1.85. The minimum atomic E-state index is 0.490. The number of hydrogen-bond acceptors (Lipinski definition) is 5. The lowest BCUT2D eigenvalue weighted by Gasteiger charge is -2.21. The van der Waals surface area contributed by atoms with Crippen molar-refractivity contribution in [2.45, 2.75) is 32.9 Å². The van der Waals surface area contributed by atoms with Crippen LogP contribution in [0.4, 0.5) is 0 Å². The lowest BCUT2D eigenvalue weighted by molar-refractivity contribution is 0.389. The molecule has 1 unspecified atom stereocenters. The zero-order valence-corrected chi connectivity index (χ0v) is 9.08. The highest BCUT2D eigenvalue weighted by Gasteiger charge is 2.10. The van der Waals surface area contributed by atoms with Gasteiger partial charge in [0.15, 0.2) is 5.96 Å². The molecule has 0 fully saturated rings. The van der Waals surface area contributed by atoms with Crippen molar-refractivity contribution in [1.82, 2.24) is 15.8 Å². The van der Waals surface area contributed by atoms with Gasteiger partial charge in [-0.25, -0.2) is 0 Å². The van der Waals surface area contributed by atoms with Gasteiger partial charge in [0.05, 0.1) is 6.54 Å². The van der Waals surface area contributed by atoms with Crippen molar-refractivity contribution in [1.29, 1.82) is 0 Å². The van der Waals surface area contributed by atoms with E-state index >= 15 is 0 Å². The maximum atomic E-state index is 4.98. The normalized spacial score (nSPS) is 20.7. The van der Waals surface area contributed by atoms with Gasteiger partial charge in [0, 0.05) is 18.7 Å². The molecule has 5 nitrogen and oxygen atoms in total. The molecule has 0 saturated heterocycles. The van der Waals surface area contributed by atoms with Crippen LogP contribution in [0.1, 0.15) is 24.8 Å². The molecular formula is C10H16N4O. The van der Waals surface area contributed by atoms with Crippen molar-refractivity contribution in [3.63, 3.8) is 0 Å². The summed E-state index contributed by atoms with van der Waals surface area (Å²) in [6, 6.07) is 2.41. The van der Waals surface area contributed by atoms with Crippen molar-refractivity contribution >= 4 is 5.96 Å². The number of aromatic nitrogens is 1. The summed E-state index contributed by atoms with van der Waals surface area (Å²) >= 11 is 0. The van der Waals surface area contributed by atoms with Crippen molar-refractivity contribution in [2.24, 2.45) is 4.99 Å². The van der Waals surface area contributed by atoms with Gasteiger partial charge < -0.3 is 15.2 Å². The van der Waals surface area contributed by atoms with Crippen molar-refractivity contribution in [2.75, 3.05) is 6.54 Å². The lowest BCUT2D eigenvalue weighted by Crippen LogP contribution is -2.45. The Labute approximate surface area is 88.9 Å². The third-order valence-electron chi connectivity index (χ3n) is 2.33. The second kappa shape index (κ2) is 4.33. The number of rotatable bonds is 2. The van der Waals surface area contributed by atoms with Gasteiger partial charge in [0.1, 0.15) is 11.5 Å². The van der Waals surface area contributed by atoms with Crippen LogP contribution < -0.4 is 10.6 Å². The highest BCUT2D eigenvalue weighted by molar-refractivity contribution is 5.80. The van der Waals surface area contributed by atoms with E-state index in [1.165, 1.54) is 0 Å². The van der Waals surface area contributed by atoms with E-state index in [2.05, 4.69) is 27.7 Å². The molecule has 15 heavy (non-hydrogen) atoms. The molecule has 1 atom stereocenters. The van der Waals surface area contributed by atoms with Crippen LogP contribution in [0.5, 0.6) is 0 Å². The molecule has 0 saturated carbocycles. The number of nitrogens with zero attached hydrogens (tertiary/aromatic N) is 2. The van der Waals surface area contributed by atoms with Gasteiger partial charge in [-0.2, -0.15) is 0 Å². The van der Waals surface area contributed by atoms with E-state index < -0.39 is 0 Å². The summed E-state index contributed by atoms with van der Waals surface area (Å²) < 4.78 is 4.98. The predicted molar refractivity (Wildman–Crippen MR) is 57.6 cm³/mol. The van der Waals surface area contributed by atoms with Crippen LogP contribution in [-0.4, -0.2) is 23.7 Å². The van der Waals surface area contributed by atoms with Gasteiger partial charge in [-0.1, -0.05) is 5.16 Å². The standard InChI is InChI=1S/C10H16N4O/c1-7-3-4-11-10(13-7)12-6-9-5-8(2)15-14-9/h5,7H,3-4,6H2,1-2H3,(H2,11,12,13). The predicted octanol–water partition coefficient (Wildman–Crippen LogP) is 0.810. The molecule has 1 aromatic heterocycles. The molecule has 0 bridgehead atoms. The first-order chi connectivity index (χ1) is 7.24. The molecule has 2 N–H and O–H groups in total. The van der Waals surface area contributed by atoms with Gasteiger partial charge >= 0.3 is 0 Å². The summed E-state index contributed by atoms with van der Waals surface area (Å²) in [7, 11) is 0. The van der Waals surface area contributed by atoms with Gasteiger partial charge in [0.2, 0.25) is 0 Å². The monoisotopic (exact) mass is 208 g/mol. The largest absolute Gasteiger partial charge is 0.361 e. The molecule has 82 valence electrons. The van der Waals surface area contributed by atoms with E-state index in [0.29, 0.717) is 12.6 Å². The molecule has 1 aromatic rings. The quantitative estimate of drug-likeness (QED) is 0.755. The molecule has 2 rings (SSSR count). The third-order valence-corrected chi connectivity index (χ3v) is 2.33. The first-order valence-corrected chi connectivity index (χ1v) is 5.21. The van der Waals surface area contributed by atoms with E-state index in [0.717, 1.165) is 30.4 Å². The van der Waals surface area contributed by atoms with Crippen LogP contribution in [-0.2, 0) is 6.54 Å². The second-order valence-corrected chi connectivity index (χ2v) is 3.85. The van der Waals surface area contributed by atoms with Crippen molar-refractivity contribution in [3.05, 3.63) is 17.5 Å². The number of hydrogen-bond donors (Lipinski definition) is 2. The Morgan fingerprint density at radius 3 is 3.20 bits per heavy atom. The maximum absolute atomic E-state index is 4.98. The van der Waals surface area contributed by atoms with Crippen LogP contribution in [0.15, 0.2) is 15.6 Å². The second-order valence-electron chi connectivity index (χ2n) is 3.85. The molecule has 0 radical (unpaired) electrons. The summed E-state index contributed by atoms with van der Waals surface area (Å²) in [6.07, 6.45) is 1.09. The van der Waals surface area contributed by atoms with Crippen LogP contribution in [0.25, 0.3) is 0 Å². The Morgan fingerprint density at radius 2 is 2.53 bits per heavy atom.